The third kappa shape index (κ3) is 5.10. The first-order chi connectivity index (χ1) is 22.7. The zero-order valence-corrected chi connectivity index (χ0v) is 26.3. The van der Waals surface area contributed by atoms with E-state index in [0.717, 1.165) is 0 Å². The molecule has 13 heteroatoms. The van der Waals surface area contributed by atoms with E-state index in [1.165, 1.54) is 40.6 Å². The van der Waals surface area contributed by atoms with Crippen molar-refractivity contribution < 1.29 is 63.1 Å². The highest BCUT2D eigenvalue weighted by Gasteiger charge is 2.78. The number of ether oxygens (including phenoxy) is 8. The van der Waals surface area contributed by atoms with Gasteiger partial charge in [0.05, 0.1) is 46.0 Å². The fourth-order valence-corrected chi connectivity index (χ4v) is 7.11. The van der Waals surface area contributed by atoms with Crippen molar-refractivity contribution in [1.82, 2.24) is 0 Å². The van der Waals surface area contributed by atoms with E-state index < -0.39 is 66.5 Å². The fraction of sp³-hybridized carbons (Fsp3) is 0.441. The SMILES string of the molecule is COC(=O)[C@H]1[C@@H](O)[C@@]2(O)c3c(OC)cc(O[C@@H]4O[C@@H]([C@@H](O)CO)CO[C@@H]4OC)cc3O[C@@]2(c2ccc(OC)cc2)[C@@H]1c1ccccc1. The average molecular weight is 655 g/mol. The van der Waals surface area contributed by atoms with Crippen LogP contribution in [-0.4, -0.2) is 98.9 Å². The van der Waals surface area contributed by atoms with Crippen molar-refractivity contribution in [2.75, 3.05) is 41.7 Å². The zero-order valence-electron chi connectivity index (χ0n) is 26.3. The molecular weight excluding hydrogens is 616 g/mol. The summed E-state index contributed by atoms with van der Waals surface area (Å²) in [4.78, 5) is 13.5. The molecule has 3 aliphatic rings. The van der Waals surface area contributed by atoms with E-state index in [1.54, 1.807) is 48.5 Å². The molecule has 0 unspecified atom stereocenters. The molecule has 0 radical (unpaired) electrons. The monoisotopic (exact) mass is 654 g/mol. The normalized spacial score (nSPS) is 31.7. The van der Waals surface area contributed by atoms with Gasteiger partial charge in [0.1, 0.15) is 41.3 Å². The molecule has 6 rings (SSSR count). The van der Waals surface area contributed by atoms with Gasteiger partial charge in [0.15, 0.2) is 11.2 Å². The number of rotatable bonds is 10. The molecule has 1 aliphatic carbocycles. The van der Waals surface area contributed by atoms with Gasteiger partial charge in [-0.25, -0.2) is 0 Å². The molecule has 0 spiro atoms. The maximum absolute atomic E-state index is 13.5. The molecule has 252 valence electrons. The highest BCUT2D eigenvalue weighted by Crippen LogP contribution is 2.70. The van der Waals surface area contributed by atoms with Gasteiger partial charge in [0.25, 0.3) is 6.29 Å². The van der Waals surface area contributed by atoms with Crippen LogP contribution >= 0.6 is 0 Å². The number of benzene rings is 3. The first-order valence-corrected chi connectivity index (χ1v) is 15.0. The number of hydrogen-bond acceptors (Lipinski definition) is 13. The molecule has 3 aromatic rings. The highest BCUT2D eigenvalue weighted by molar-refractivity contribution is 5.78. The average Bonchev–Trinajstić information content (AvgIpc) is 3.49. The fourth-order valence-electron chi connectivity index (χ4n) is 7.11. The van der Waals surface area contributed by atoms with Crippen LogP contribution in [0, 0.1) is 5.92 Å². The van der Waals surface area contributed by atoms with Crippen LogP contribution in [0.25, 0.3) is 0 Å². The van der Waals surface area contributed by atoms with Gasteiger partial charge in [0, 0.05) is 25.2 Å². The quantitative estimate of drug-likeness (QED) is 0.233. The third-order valence-electron chi connectivity index (χ3n) is 9.25. The van der Waals surface area contributed by atoms with Crippen molar-refractivity contribution in [3.05, 3.63) is 83.4 Å². The van der Waals surface area contributed by atoms with Crippen LogP contribution < -0.4 is 18.9 Å². The second kappa shape index (κ2) is 12.9. The molecule has 0 amide bonds. The van der Waals surface area contributed by atoms with Gasteiger partial charge in [-0.05, 0) is 23.3 Å². The molecule has 4 N–H and O–H groups in total. The van der Waals surface area contributed by atoms with Gasteiger partial charge in [-0.2, -0.15) is 0 Å². The molecular formula is C34H38O13. The summed E-state index contributed by atoms with van der Waals surface area (Å²) < 4.78 is 46.2. The molecule has 2 aliphatic heterocycles. The first kappa shape index (κ1) is 33.0. The van der Waals surface area contributed by atoms with E-state index >= 15 is 0 Å². The van der Waals surface area contributed by atoms with Crippen LogP contribution in [0.3, 0.4) is 0 Å². The van der Waals surface area contributed by atoms with Crippen LogP contribution in [0.4, 0.5) is 0 Å². The molecule has 3 aromatic carbocycles. The number of hydrogen-bond donors (Lipinski definition) is 4. The summed E-state index contributed by atoms with van der Waals surface area (Å²) in [6.45, 7) is -0.601. The number of carbonyl (C=O) groups excluding carboxylic acids is 1. The van der Waals surface area contributed by atoms with E-state index in [0.29, 0.717) is 16.9 Å². The number of carbonyl (C=O) groups is 1. The summed E-state index contributed by atoms with van der Waals surface area (Å²) in [5.41, 5.74) is -2.88. The Morgan fingerprint density at radius 1 is 0.979 bits per heavy atom. The van der Waals surface area contributed by atoms with Crippen molar-refractivity contribution >= 4 is 5.97 Å². The molecule has 47 heavy (non-hydrogen) atoms. The Hall–Kier alpha value is -3.95. The summed E-state index contributed by atoms with van der Waals surface area (Å²) in [6, 6.07) is 18.8. The lowest BCUT2D eigenvalue weighted by molar-refractivity contribution is -0.324. The second-order valence-electron chi connectivity index (χ2n) is 11.6. The standard InChI is InChI=1S/C34H38O13/c1-40-20-12-10-19(11-13-20)34-27(18-8-6-5-7-9-18)26(30(38)42-3)29(37)33(34,39)28-23(41-2)14-21(15-24(28)47-34)45-32-31(43-4)44-17-25(46-32)22(36)16-35/h5-15,22,25-27,29,31-32,35-37,39H,16-17H2,1-4H3/t22-,25+,26+,27+,29+,31-,32+,33-,34-/m0/s1. The molecule has 1 saturated heterocycles. The summed E-state index contributed by atoms with van der Waals surface area (Å²) in [6.07, 6.45) is -6.03. The lowest BCUT2D eigenvalue weighted by Gasteiger charge is -2.40. The summed E-state index contributed by atoms with van der Waals surface area (Å²) >= 11 is 0. The Labute approximate surface area is 271 Å². The molecule has 2 fully saturated rings. The largest absolute Gasteiger partial charge is 0.497 e. The topological polar surface area (TPSA) is 172 Å². The second-order valence-corrected chi connectivity index (χ2v) is 11.6. The molecule has 0 bridgehead atoms. The molecule has 9 atom stereocenters. The Kier molecular flexibility index (Phi) is 9.06. The molecule has 2 heterocycles. The minimum Gasteiger partial charge on any atom is -0.497 e. The summed E-state index contributed by atoms with van der Waals surface area (Å²) in [5, 5.41) is 44.7. The van der Waals surface area contributed by atoms with Gasteiger partial charge < -0.3 is 58.3 Å². The van der Waals surface area contributed by atoms with Gasteiger partial charge >= 0.3 is 5.97 Å². The number of aliphatic hydroxyl groups is 4. The van der Waals surface area contributed by atoms with Crippen molar-refractivity contribution in [3.8, 4) is 23.0 Å². The minimum atomic E-state index is -2.25. The maximum atomic E-state index is 13.5. The van der Waals surface area contributed by atoms with Crippen molar-refractivity contribution in [1.29, 1.82) is 0 Å². The van der Waals surface area contributed by atoms with E-state index in [9.17, 15) is 25.2 Å². The predicted octanol–water partition coefficient (Wildman–Crippen LogP) is 1.57. The van der Waals surface area contributed by atoms with E-state index in [-0.39, 0.29) is 29.4 Å². The smallest absolute Gasteiger partial charge is 0.312 e. The molecule has 13 nitrogen and oxygen atoms in total. The molecule has 1 saturated carbocycles. The Balaban J connectivity index is 1.52. The predicted molar refractivity (Wildman–Crippen MR) is 162 cm³/mol. The van der Waals surface area contributed by atoms with Crippen LogP contribution in [0.5, 0.6) is 23.0 Å². The van der Waals surface area contributed by atoms with Gasteiger partial charge in [0.2, 0.25) is 6.29 Å². The van der Waals surface area contributed by atoms with Crippen molar-refractivity contribution in [3.63, 3.8) is 0 Å². The molecule has 0 aromatic heterocycles. The lowest BCUT2D eigenvalue weighted by atomic mass is 9.70. The first-order valence-electron chi connectivity index (χ1n) is 15.0. The Morgan fingerprint density at radius 2 is 1.70 bits per heavy atom. The third-order valence-corrected chi connectivity index (χ3v) is 9.25. The summed E-state index contributed by atoms with van der Waals surface area (Å²) in [5.74, 6) is -2.05. The highest BCUT2D eigenvalue weighted by atomic mass is 16.8. The van der Waals surface area contributed by atoms with Crippen LogP contribution in [-0.2, 0) is 34.9 Å². The minimum absolute atomic E-state index is 0.0474. The maximum Gasteiger partial charge on any atom is 0.312 e. The van der Waals surface area contributed by atoms with Gasteiger partial charge in [-0.3, -0.25) is 4.79 Å². The van der Waals surface area contributed by atoms with Gasteiger partial charge in [-0.15, -0.1) is 0 Å². The Morgan fingerprint density at radius 3 is 2.32 bits per heavy atom. The number of esters is 1. The van der Waals surface area contributed by atoms with E-state index in [4.69, 9.17) is 37.9 Å². The van der Waals surface area contributed by atoms with Crippen LogP contribution in [0.1, 0.15) is 22.6 Å². The van der Waals surface area contributed by atoms with E-state index in [1.807, 2.05) is 6.07 Å². The number of aliphatic hydroxyl groups excluding tert-OH is 3. The van der Waals surface area contributed by atoms with Crippen LogP contribution in [0.2, 0.25) is 0 Å². The van der Waals surface area contributed by atoms with E-state index in [2.05, 4.69) is 0 Å². The Bertz CT molecular complexity index is 1570. The van der Waals surface area contributed by atoms with Gasteiger partial charge in [-0.1, -0.05) is 42.5 Å². The van der Waals surface area contributed by atoms with Crippen molar-refractivity contribution in [2.24, 2.45) is 5.92 Å². The number of fused-ring (bicyclic) bond motifs is 3. The zero-order chi connectivity index (χ0) is 33.5. The van der Waals surface area contributed by atoms with Crippen molar-refractivity contribution in [2.45, 2.75) is 48.0 Å². The lowest BCUT2D eigenvalue weighted by Crippen LogP contribution is -2.52. The van der Waals surface area contributed by atoms with Crippen LogP contribution in [0.15, 0.2) is 66.7 Å². The number of methoxy groups -OCH3 is 4. The summed E-state index contributed by atoms with van der Waals surface area (Å²) in [7, 11) is 5.54.